The van der Waals surface area contributed by atoms with Crippen LogP contribution in [-0.2, 0) is 5.60 Å². The number of halogens is 2. The van der Waals surface area contributed by atoms with Crippen molar-refractivity contribution in [1.29, 1.82) is 0 Å². The highest BCUT2D eigenvalue weighted by Crippen LogP contribution is 2.29. The van der Waals surface area contributed by atoms with Gasteiger partial charge in [-0.05, 0) is 48.9 Å². The van der Waals surface area contributed by atoms with E-state index >= 15 is 0 Å². The molecule has 15 heavy (non-hydrogen) atoms. The maximum absolute atomic E-state index is 13.7. The molecular weight excluding hydrogens is 261 g/mol. The van der Waals surface area contributed by atoms with Gasteiger partial charge in [0.2, 0.25) is 0 Å². The molecule has 0 saturated carbocycles. The lowest BCUT2D eigenvalue weighted by Gasteiger charge is -2.24. The minimum atomic E-state index is -1.14. The van der Waals surface area contributed by atoms with Crippen molar-refractivity contribution in [1.82, 2.24) is 5.32 Å². The van der Waals surface area contributed by atoms with Crippen molar-refractivity contribution in [3.8, 4) is 0 Å². The van der Waals surface area contributed by atoms with Crippen molar-refractivity contribution >= 4 is 15.9 Å². The molecule has 2 N–H and O–H groups in total. The largest absolute Gasteiger partial charge is 0.385 e. The fourth-order valence-corrected chi connectivity index (χ4v) is 1.79. The average Bonchev–Trinajstić information content (AvgIpc) is 2.19. The Morgan fingerprint density at radius 1 is 1.53 bits per heavy atom. The van der Waals surface area contributed by atoms with Crippen LogP contribution in [0, 0.1) is 5.82 Å². The van der Waals surface area contributed by atoms with Gasteiger partial charge < -0.3 is 10.4 Å². The normalized spacial score (nSPS) is 15.0. The molecule has 0 heterocycles. The maximum Gasteiger partial charge on any atom is 0.143 e. The Labute approximate surface area is 97.6 Å². The Bertz CT molecular complexity index is 341. The molecule has 1 atom stereocenters. The van der Waals surface area contributed by atoms with Crippen molar-refractivity contribution in [2.45, 2.75) is 18.9 Å². The van der Waals surface area contributed by atoms with Crippen molar-refractivity contribution in [2.24, 2.45) is 0 Å². The molecule has 0 aliphatic heterocycles. The molecule has 0 aliphatic rings. The average molecular weight is 276 g/mol. The van der Waals surface area contributed by atoms with E-state index in [2.05, 4.69) is 21.2 Å². The van der Waals surface area contributed by atoms with Crippen molar-refractivity contribution in [3.05, 3.63) is 34.1 Å². The van der Waals surface area contributed by atoms with Crippen LogP contribution in [0.2, 0.25) is 0 Å². The fourth-order valence-electron chi connectivity index (χ4n) is 1.42. The van der Waals surface area contributed by atoms with Crippen LogP contribution in [0.25, 0.3) is 0 Å². The second-order valence-electron chi connectivity index (χ2n) is 3.73. The number of rotatable bonds is 4. The number of aliphatic hydroxyl groups is 1. The minimum absolute atomic E-state index is 0.326. The van der Waals surface area contributed by atoms with Crippen LogP contribution in [0.1, 0.15) is 18.9 Å². The molecule has 1 unspecified atom stereocenters. The Morgan fingerprint density at radius 2 is 2.20 bits per heavy atom. The Balaban J connectivity index is 2.98. The Kier molecular flexibility index (Phi) is 4.25. The summed E-state index contributed by atoms with van der Waals surface area (Å²) in [5, 5.41) is 13.1. The first-order valence-corrected chi connectivity index (χ1v) is 5.60. The first kappa shape index (κ1) is 12.6. The van der Waals surface area contributed by atoms with Gasteiger partial charge in [0.15, 0.2) is 0 Å². The minimum Gasteiger partial charge on any atom is -0.385 e. The molecule has 84 valence electrons. The van der Waals surface area contributed by atoms with Gasteiger partial charge in [0.1, 0.15) is 5.82 Å². The van der Waals surface area contributed by atoms with Gasteiger partial charge in [-0.1, -0.05) is 12.1 Å². The van der Waals surface area contributed by atoms with E-state index in [-0.39, 0.29) is 0 Å². The third-order valence-electron chi connectivity index (χ3n) is 2.39. The van der Waals surface area contributed by atoms with E-state index in [1.807, 2.05) is 0 Å². The molecular formula is C11H15BrFNO. The molecule has 0 fully saturated rings. The van der Waals surface area contributed by atoms with Crippen LogP contribution in [0.15, 0.2) is 22.7 Å². The lowest BCUT2D eigenvalue weighted by molar-refractivity contribution is 0.0447. The summed E-state index contributed by atoms with van der Waals surface area (Å²) < 4.78 is 14.1. The van der Waals surface area contributed by atoms with Crippen LogP contribution in [0.4, 0.5) is 4.39 Å². The molecule has 0 radical (unpaired) electrons. The van der Waals surface area contributed by atoms with Crippen LogP contribution in [-0.4, -0.2) is 18.7 Å². The molecule has 0 aromatic heterocycles. The Morgan fingerprint density at radius 3 is 2.80 bits per heavy atom. The SMILES string of the molecule is CNCCC(C)(O)c1cccc(Br)c1F. The maximum atomic E-state index is 13.7. The van der Waals surface area contributed by atoms with Crippen molar-refractivity contribution in [3.63, 3.8) is 0 Å². The van der Waals surface area contributed by atoms with E-state index in [4.69, 9.17) is 0 Å². The van der Waals surface area contributed by atoms with Gasteiger partial charge >= 0.3 is 0 Å². The molecule has 1 rings (SSSR count). The van der Waals surface area contributed by atoms with Gasteiger partial charge in [-0.25, -0.2) is 4.39 Å². The molecule has 0 saturated heterocycles. The lowest BCUT2D eigenvalue weighted by Crippen LogP contribution is -2.27. The lowest BCUT2D eigenvalue weighted by atomic mass is 9.92. The van der Waals surface area contributed by atoms with Gasteiger partial charge in [0.25, 0.3) is 0 Å². The first-order valence-electron chi connectivity index (χ1n) is 4.80. The number of hydrogen-bond acceptors (Lipinski definition) is 2. The van der Waals surface area contributed by atoms with Crippen molar-refractivity contribution < 1.29 is 9.50 Å². The van der Waals surface area contributed by atoms with E-state index in [1.54, 1.807) is 32.2 Å². The summed E-state index contributed by atoms with van der Waals surface area (Å²) >= 11 is 3.10. The highest BCUT2D eigenvalue weighted by Gasteiger charge is 2.26. The summed E-state index contributed by atoms with van der Waals surface area (Å²) in [6.45, 7) is 2.26. The number of nitrogens with one attached hydrogen (secondary N) is 1. The van der Waals surface area contributed by atoms with Crippen molar-refractivity contribution in [2.75, 3.05) is 13.6 Å². The highest BCUT2D eigenvalue weighted by molar-refractivity contribution is 9.10. The predicted octanol–water partition coefficient (Wildman–Crippen LogP) is 2.41. The smallest absolute Gasteiger partial charge is 0.143 e. The van der Waals surface area contributed by atoms with Gasteiger partial charge in [0, 0.05) is 5.56 Å². The number of benzene rings is 1. The van der Waals surface area contributed by atoms with E-state index in [0.29, 0.717) is 23.0 Å². The molecule has 2 nitrogen and oxygen atoms in total. The zero-order chi connectivity index (χ0) is 11.5. The number of hydrogen-bond donors (Lipinski definition) is 2. The molecule has 4 heteroatoms. The monoisotopic (exact) mass is 275 g/mol. The highest BCUT2D eigenvalue weighted by atomic mass is 79.9. The molecule has 1 aromatic carbocycles. The summed E-state index contributed by atoms with van der Waals surface area (Å²) in [6, 6.07) is 4.94. The third-order valence-corrected chi connectivity index (χ3v) is 3.01. The second kappa shape index (κ2) is 5.05. The van der Waals surface area contributed by atoms with E-state index in [9.17, 15) is 9.50 Å². The zero-order valence-electron chi connectivity index (χ0n) is 8.85. The Hall–Kier alpha value is -0.450. The molecule has 0 bridgehead atoms. The summed E-state index contributed by atoms with van der Waals surface area (Å²) in [4.78, 5) is 0. The quantitative estimate of drug-likeness (QED) is 0.885. The molecule has 1 aromatic rings. The van der Waals surface area contributed by atoms with Gasteiger partial charge in [-0.3, -0.25) is 0 Å². The summed E-state index contributed by atoms with van der Waals surface area (Å²) in [5.41, 5.74) is -0.816. The van der Waals surface area contributed by atoms with Crippen LogP contribution in [0.5, 0.6) is 0 Å². The summed E-state index contributed by atoms with van der Waals surface area (Å²) in [7, 11) is 1.80. The van der Waals surface area contributed by atoms with E-state index in [0.717, 1.165) is 0 Å². The topological polar surface area (TPSA) is 32.3 Å². The fraction of sp³-hybridized carbons (Fsp3) is 0.455. The van der Waals surface area contributed by atoms with Gasteiger partial charge in [-0.15, -0.1) is 0 Å². The van der Waals surface area contributed by atoms with Gasteiger partial charge in [0.05, 0.1) is 10.1 Å². The van der Waals surface area contributed by atoms with Crippen LogP contribution < -0.4 is 5.32 Å². The standard InChI is InChI=1S/C11H15BrFNO/c1-11(15,6-7-14-2)8-4-3-5-9(12)10(8)13/h3-5,14-15H,6-7H2,1-2H3. The summed E-state index contributed by atoms with van der Waals surface area (Å²) in [5.74, 6) is -0.390. The molecule has 0 spiro atoms. The van der Waals surface area contributed by atoms with E-state index < -0.39 is 11.4 Å². The third kappa shape index (κ3) is 3.00. The zero-order valence-corrected chi connectivity index (χ0v) is 10.4. The summed E-state index contributed by atoms with van der Waals surface area (Å²) in [6.07, 6.45) is 0.469. The first-order chi connectivity index (χ1) is 6.99. The van der Waals surface area contributed by atoms with Gasteiger partial charge in [-0.2, -0.15) is 0 Å². The predicted molar refractivity (Wildman–Crippen MR) is 62.2 cm³/mol. The van der Waals surface area contributed by atoms with Crippen LogP contribution >= 0.6 is 15.9 Å². The molecule has 0 aliphatic carbocycles. The van der Waals surface area contributed by atoms with E-state index in [1.165, 1.54) is 0 Å². The second-order valence-corrected chi connectivity index (χ2v) is 4.58. The van der Waals surface area contributed by atoms with Crippen LogP contribution in [0.3, 0.4) is 0 Å². The molecule has 0 amide bonds.